The normalized spacial score (nSPS) is 9.68. The Hall–Kier alpha value is -2.74. The number of hydrogen-bond donors (Lipinski definition) is 2. The highest BCUT2D eigenvalue weighted by Crippen LogP contribution is 2.20. The molecule has 5 nitrogen and oxygen atoms in total. The Bertz CT molecular complexity index is 619. The molecule has 2 aromatic rings. The van der Waals surface area contributed by atoms with Crippen LogP contribution in [-0.4, -0.2) is 12.1 Å². The van der Waals surface area contributed by atoms with Gasteiger partial charge in [0.05, 0.1) is 24.6 Å². The van der Waals surface area contributed by atoms with E-state index in [0.717, 1.165) is 11.3 Å². The van der Waals surface area contributed by atoms with Gasteiger partial charge in [0.1, 0.15) is 17.6 Å². The Morgan fingerprint density at radius 1 is 1.42 bits per heavy atom. The monoisotopic (exact) mass is 254 g/mol. The number of methoxy groups -OCH3 is 1. The number of anilines is 2. The average molecular weight is 254 g/mol. The number of pyridine rings is 1. The first-order valence-electron chi connectivity index (χ1n) is 5.76. The number of nitrogen functional groups attached to an aromatic ring is 1. The molecule has 1 aromatic heterocycles. The molecule has 3 N–H and O–H groups in total. The zero-order chi connectivity index (χ0) is 13.7. The van der Waals surface area contributed by atoms with Gasteiger partial charge in [0.15, 0.2) is 0 Å². The fraction of sp³-hybridized carbons (Fsp3) is 0.143. The first kappa shape index (κ1) is 12.7. The summed E-state index contributed by atoms with van der Waals surface area (Å²) in [4.78, 5) is 4.12. The number of nitriles is 1. The highest BCUT2D eigenvalue weighted by molar-refractivity contribution is 5.57. The van der Waals surface area contributed by atoms with Gasteiger partial charge in [-0.2, -0.15) is 5.26 Å². The molecule has 0 radical (unpaired) electrons. The predicted octanol–water partition coefficient (Wildman–Crippen LogP) is 2.16. The van der Waals surface area contributed by atoms with Crippen molar-refractivity contribution in [2.75, 3.05) is 18.2 Å². The molecule has 1 heterocycles. The maximum absolute atomic E-state index is 9.03. The predicted molar refractivity (Wildman–Crippen MR) is 73.7 cm³/mol. The third-order valence-corrected chi connectivity index (χ3v) is 2.67. The van der Waals surface area contributed by atoms with Gasteiger partial charge in [0, 0.05) is 12.1 Å². The fourth-order valence-electron chi connectivity index (χ4n) is 1.73. The van der Waals surface area contributed by atoms with Gasteiger partial charge in [-0.05, 0) is 12.1 Å². The maximum atomic E-state index is 9.03. The molecule has 0 aliphatic heterocycles. The van der Waals surface area contributed by atoms with Crippen LogP contribution in [-0.2, 0) is 6.54 Å². The molecule has 0 amide bonds. The Balaban J connectivity index is 2.17. The minimum Gasteiger partial charge on any atom is -0.496 e. The van der Waals surface area contributed by atoms with Crippen molar-refractivity contribution < 1.29 is 4.74 Å². The van der Waals surface area contributed by atoms with Crippen molar-refractivity contribution in [3.8, 4) is 11.8 Å². The second kappa shape index (κ2) is 5.74. The number of ether oxygens (including phenoxy) is 1. The summed E-state index contributed by atoms with van der Waals surface area (Å²) in [7, 11) is 1.63. The summed E-state index contributed by atoms with van der Waals surface area (Å²) < 4.78 is 5.26. The third kappa shape index (κ3) is 2.93. The number of nitrogens with zero attached hydrogens (tertiary/aromatic N) is 2. The second-order valence-electron chi connectivity index (χ2n) is 3.94. The van der Waals surface area contributed by atoms with Crippen molar-refractivity contribution >= 4 is 11.5 Å². The maximum Gasteiger partial charge on any atom is 0.144 e. The quantitative estimate of drug-likeness (QED) is 0.873. The van der Waals surface area contributed by atoms with E-state index in [1.165, 1.54) is 6.20 Å². The minimum atomic E-state index is 0.426. The summed E-state index contributed by atoms with van der Waals surface area (Å²) in [6.07, 6.45) is 1.52. The lowest BCUT2D eigenvalue weighted by molar-refractivity contribution is 0.410. The molecular weight excluding hydrogens is 240 g/mol. The van der Waals surface area contributed by atoms with Crippen LogP contribution in [0.25, 0.3) is 0 Å². The molecule has 0 bridgehead atoms. The second-order valence-corrected chi connectivity index (χ2v) is 3.94. The fourth-order valence-corrected chi connectivity index (χ4v) is 1.73. The zero-order valence-electron chi connectivity index (χ0n) is 10.6. The van der Waals surface area contributed by atoms with E-state index in [-0.39, 0.29) is 0 Å². The van der Waals surface area contributed by atoms with Crippen molar-refractivity contribution in [1.82, 2.24) is 4.98 Å². The zero-order valence-corrected chi connectivity index (χ0v) is 10.6. The number of benzene rings is 1. The molecule has 0 spiro atoms. The van der Waals surface area contributed by atoms with Gasteiger partial charge in [-0.15, -0.1) is 0 Å². The van der Waals surface area contributed by atoms with Crippen molar-refractivity contribution in [3.05, 3.63) is 47.7 Å². The summed E-state index contributed by atoms with van der Waals surface area (Å²) in [5.41, 5.74) is 7.49. The topological polar surface area (TPSA) is 84.0 Å². The van der Waals surface area contributed by atoms with Gasteiger partial charge in [-0.1, -0.05) is 18.2 Å². The van der Waals surface area contributed by atoms with Gasteiger partial charge in [-0.3, -0.25) is 0 Å². The molecule has 0 saturated heterocycles. The van der Waals surface area contributed by atoms with Crippen LogP contribution in [0.3, 0.4) is 0 Å². The smallest absolute Gasteiger partial charge is 0.144 e. The van der Waals surface area contributed by atoms with E-state index in [9.17, 15) is 0 Å². The van der Waals surface area contributed by atoms with E-state index in [4.69, 9.17) is 15.7 Å². The first-order chi connectivity index (χ1) is 9.24. The van der Waals surface area contributed by atoms with Crippen LogP contribution in [0.1, 0.15) is 11.1 Å². The molecule has 5 heteroatoms. The Morgan fingerprint density at radius 2 is 2.21 bits per heavy atom. The van der Waals surface area contributed by atoms with Gasteiger partial charge in [0.2, 0.25) is 0 Å². The van der Waals surface area contributed by atoms with E-state index in [2.05, 4.69) is 16.4 Å². The average Bonchev–Trinajstić information content (AvgIpc) is 2.46. The molecule has 96 valence electrons. The van der Waals surface area contributed by atoms with Crippen molar-refractivity contribution in [3.63, 3.8) is 0 Å². The molecule has 0 aliphatic carbocycles. The molecule has 1 aromatic carbocycles. The van der Waals surface area contributed by atoms with E-state index in [1.807, 2.05) is 24.3 Å². The number of nitrogens with two attached hydrogens (primary N) is 1. The lowest BCUT2D eigenvalue weighted by Crippen LogP contribution is -2.05. The Labute approximate surface area is 111 Å². The van der Waals surface area contributed by atoms with Crippen LogP contribution >= 0.6 is 0 Å². The van der Waals surface area contributed by atoms with Crippen LogP contribution in [0.4, 0.5) is 11.5 Å². The van der Waals surface area contributed by atoms with E-state index in [1.54, 1.807) is 13.2 Å². The van der Waals surface area contributed by atoms with E-state index < -0.39 is 0 Å². The van der Waals surface area contributed by atoms with Crippen LogP contribution in [0, 0.1) is 11.3 Å². The van der Waals surface area contributed by atoms with Crippen LogP contribution in [0.5, 0.6) is 5.75 Å². The number of aromatic nitrogens is 1. The van der Waals surface area contributed by atoms with Gasteiger partial charge < -0.3 is 15.8 Å². The highest BCUT2D eigenvalue weighted by Gasteiger charge is 2.06. The molecule has 0 aliphatic rings. The summed E-state index contributed by atoms with van der Waals surface area (Å²) in [5.74, 6) is 1.31. The van der Waals surface area contributed by atoms with Crippen LogP contribution in [0.2, 0.25) is 0 Å². The van der Waals surface area contributed by atoms with E-state index in [0.29, 0.717) is 23.6 Å². The largest absolute Gasteiger partial charge is 0.496 e. The Kier molecular flexibility index (Phi) is 3.84. The first-order valence-corrected chi connectivity index (χ1v) is 5.76. The summed E-state index contributed by atoms with van der Waals surface area (Å²) >= 11 is 0. The molecule has 0 atom stereocenters. The van der Waals surface area contributed by atoms with Crippen molar-refractivity contribution in [2.45, 2.75) is 6.54 Å². The van der Waals surface area contributed by atoms with Crippen molar-refractivity contribution in [2.24, 2.45) is 0 Å². The standard InChI is InChI=1S/C14H14N4O/c1-19-13-5-3-2-4-10(13)8-17-14-11(7-15)6-12(16)9-18-14/h2-6,9H,8,16H2,1H3,(H,17,18). The third-order valence-electron chi connectivity index (χ3n) is 2.67. The number of nitrogens with one attached hydrogen (secondary N) is 1. The number of rotatable bonds is 4. The lowest BCUT2D eigenvalue weighted by atomic mass is 10.2. The van der Waals surface area contributed by atoms with Crippen molar-refractivity contribution in [1.29, 1.82) is 5.26 Å². The van der Waals surface area contributed by atoms with Gasteiger partial charge >= 0.3 is 0 Å². The molecule has 0 unspecified atom stereocenters. The molecule has 0 saturated carbocycles. The molecule has 2 rings (SSSR count). The number of hydrogen-bond acceptors (Lipinski definition) is 5. The SMILES string of the molecule is COc1ccccc1CNc1ncc(N)cc1C#N. The summed E-state index contributed by atoms with van der Waals surface area (Å²) in [6.45, 7) is 0.523. The summed E-state index contributed by atoms with van der Waals surface area (Å²) in [5, 5.41) is 12.1. The van der Waals surface area contributed by atoms with Crippen LogP contribution < -0.4 is 15.8 Å². The number of para-hydroxylation sites is 1. The summed E-state index contributed by atoms with van der Waals surface area (Å²) in [6, 6.07) is 11.3. The molecule has 19 heavy (non-hydrogen) atoms. The van der Waals surface area contributed by atoms with Gasteiger partial charge in [0.25, 0.3) is 0 Å². The molecular formula is C14H14N4O. The minimum absolute atomic E-state index is 0.426. The Morgan fingerprint density at radius 3 is 2.95 bits per heavy atom. The van der Waals surface area contributed by atoms with E-state index >= 15 is 0 Å². The highest BCUT2D eigenvalue weighted by atomic mass is 16.5. The van der Waals surface area contributed by atoms with Crippen LogP contribution in [0.15, 0.2) is 36.5 Å². The molecule has 0 fully saturated rings. The lowest BCUT2D eigenvalue weighted by Gasteiger charge is -2.10. The van der Waals surface area contributed by atoms with Gasteiger partial charge in [-0.25, -0.2) is 4.98 Å².